The van der Waals surface area contributed by atoms with Gasteiger partial charge in [-0.2, -0.15) is 4.98 Å². The fourth-order valence-corrected chi connectivity index (χ4v) is 4.29. The fourth-order valence-electron chi connectivity index (χ4n) is 4.29. The summed E-state index contributed by atoms with van der Waals surface area (Å²) in [4.78, 5) is 22.9. The third-order valence-corrected chi connectivity index (χ3v) is 5.77. The first-order valence-corrected chi connectivity index (χ1v) is 9.72. The van der Waals surface area contributed by atoms with Crippen LogP contribution in [0.5, 0.6) is 0 Å². The normalized spacial score (nSPS) is 22.1. The summed E-state index contributed by atoms with van der Waals surface area (Å²) in [6.07, 6.45) is 8.58. The van der Waals surface area contributed by atoms with E-state index in [1.807, 2.05) is 24.0 Å². The fraction of sp³-hybridized carbons (Fsp3) is 0.600. The van der Waals surface area contributed by atoms with Crippen LogP contribution in [0.4, 0.5) is 0 Å². The maximum Gasteiger partial charge on any atom is 0.226 e. The van der Waals surface area contributed by atoms with Gasteiger partial charge in [-0.3, -0.25) is 9.78 Å². The number of likely N-dealkylation sites (tertiary alicyclic amines) is 1. The first-order chi connectivity index (χ1) is 13.1. The zero-order valence-electron chi connectivity index (χ0n) is 15.8. The number of amides is 1. The highest BCUT2D eigenvalue weighted by atomic mass is 16.5. The third kappa shape index (κ3) is 4.35. The van der Waals surface area contributed by atoms with E-state index in [9.17, 15) is 4.79 Å². The standard InChI is InChI=1S/C20H26N4O3/c1-15-22-18(23-27-15)12-17-4-11-26-20(14-17)5-9-24(10-6-20)19(25)13-16-2-7-21-8-3-16/h2-3,7-8,17H,4-6,9-14H2,1H3. The Labute approximate surface area is 159 Å². The Balaban J connectivity index is 1.31. The van der Waals surface area contributed by atoms with E-state index >= 15 is 0 Å². The molecular weight excluding hydrogens is 344 g/mol. The minimum Gasteiger partial charge on any atom is -0.375 e. The summed E-state index contributed by atoms with van der Waals surface area (Å²) in [5, 5.41) is 4.03. The van der Waals surface area contributed by atoms with Crippen molar-refractivity contribution < 1.29 is 14.1 Å². The van der Waals surface area contributed by atoms with Gasteiger partial charge in [0.1, 0.15) is 0 Å². The van der Waals surface area contributed by atoms with E-state index < -0.39 is 0 Å². The van der Waals surface area contributed by atoms with Crippen LogP contribution in [-0.2, 0) is 22.4 Å². The Hall–Kier alpha value is -2.28. The molecule has 7 nitrogen and oxygen atoms in total. The molecule has 1 unspecified atom stereocenters. The number of nitrogens with zero attached hydrogens (tertiary/aromatic N) is 4. The maximum atomic E-state index is 12.6. The third-order valence-electron chi connectivity index (χ3n) is 5.77. The van der Waals surface area contributed by atoms with Crippen molar-refractivity contribution in [2.75, 3.05) is 19.7 Å². The lowest BCUT2D eigenvalue weighted by Crippen LogP contribution is -2.51. The van der Waals surface area contributed by atoms with Crippen molar-refractivity contribution in [2.24, 2.45) is 5.92 Å². The molecular formula is C20H26N4O3. The second-order valence-electron chi connectivity index (χ2n) is 7.74. The molecule has 0 aliphatic carbocycles. The summed E-state index contributed by atoms with van der Waals surface area (Å²) < 4.78 is 11.3. The highest BCUT2D eigenvalue weighted by Gasteiger charge is 2.41. The number of hydrogen-bond donors (Lipinski definition) is 0. The zero-order valence-corrected chi connectivity index (χ0v) is 15.8. The molecule has 2 aliphatic heterocycles. The number of carbonyl (C=O) groups is 1. The van der Waals surface area contributed by atoms with E-state index in [4.69, 9.17) is 9.26 Å². The van der Waals surface area contributed by atoms with Crippen molar-refractivity contribution in [3.8, 4) is 0 Å². The molecule has 0 aromatic carbocycles. The first kappa shape index (κ1) is 18.1. The summed E-state index contributed by atoms with van der Waals surface area (Å²) in [7, 11) is 0. The van der Waals surface area contributed by atoms with Crippen LogP contribution in [0.15, 0.2) is 29.0 Å². The topological polar surface area (TPSA) is 81.4 Å². The molecule has 2 aromatic heterocycles. The first-order valence-electron chi connectivity index (χ1n) is 9.72. The van der Waals surface area contributed by atoms with Crippen LogP contribution in [0.2, 0.25) is 0 Å². The van der Waals surface area contributed by atoms with Gasteiger partial charge < -0.3 is 14.2 Å². The molecule has 0 N–H and O–H groups in total. The summed E-state index contributed by atoms with van der Waals surface area (Å²) in [6, 6.07) is 3.80. The summed E-state index contributed by atoms with van der Waals surface area (Å²) in [6.45, 7) is 4.11. The molecule has 1 spiro atoms. The number of ether oxygens (including phenoxy) is 1. The lowest BCUT2D eigenvalue weighted by Gasteiger charge is -2.46. The number of aryl methyl sites for hydroxylation is 1. The van der Waals surface area contributed by atoms with Gasteiger partial charge in [-0.05, 0) is 49.3 Å². The Bertz CT molecular complexity index is 769. The van der Waals surface area contributed by atoms with Crippen LogP contribution < -0.4 is 0 Å². The van der Waals surface area contributed by atoms with Crippen molar-refractivity contribution in [1.82, 2.24) is 20.0 Å². The second kappa shape index (κ2) is 7.76. The van der Waals surface area contributed by atoms with Gasteiger partial charge in [-0.25, -0.2) is 0 Å². The Morgan fingerprint density at radius 3 is 2.78 bits per heavy atom. The summed E-state index contributed by atoms with van der Waals surface area (Å²) in [5.41, 5.74) is 0.912. The highest BCUT2D eigenvalue weighted by molar-refractivity contribution is 5.78. The van der Waals surface area contributed by atoms with Gasteiger partial charge in [0.25, 0.3) is 0 Å². The Kier molecular flexibility index (Phi) is 5.20. The smallest absolute Gasteiger partial charge is 0.226 e. The van der Waals surface area contributed by atoms with Crippen molar-refractivity contribution in [3.63, 3.8) is 0 Å². The lowest BCUT2D eigenvalue weighted by atomic mass is 9.78. The van der Waals surface area contributed by atoms with Gasteiger partial charge in [0.15, 0.2) is 5.82 Å². The van der Waals surface area contributed by atoms with E-state index in [-0.39, 0.29) is 11.5 Å². The van der Waals surface area contributed by atoms with Gasteiger partial charge >= 0.3 is 0 Å². The number of pyridine rings is 1. The van der Waals surface area contributed by atoms with Gasteiger partial charge in [0.05, 0.1) is 12.0 Å². The molecule has 2 aromatic rings. The molecule has 2 aliphatic rings. The molecule has 1 atom stereocenters. The van der Waals surface area contributed by atoms with E-state index in [2.05, 4.69) is 15.1 Å². The van der Waals surface area contributed by atoms with E-state index in [0.717, 1.165) is 63.2 Å². The molecule has 144 valence electrons. The molecule has 4 rings (SSSR count). The second-order valence-corrected chi connectivity index (χ2v) is 7.74. The van der Waals surface area contributed by atoms with E-state index in [1.54, 1.807) is 12.4 Å². The van der Waals surface area contributed by atoms with Gasteiger partial charge in [0.2, 0.25) is 11.8 Å². The number of piperidine rings is 1. The van der Waals surface area contributed by atoms with Crippen LogP contribution in [-0.4, -0.2) is 51.2 Å². The van der Waals surface area contributed by atoms with Crippen molar-refractivity contribution in [1.29, 1.82) is 0 Å². The molecule has 2 saturated heterocycles. The lowest BCUT2D eigenvalue weighted by molar-refractivity contribution is -0.146. The Morgan fingerprint density at radius 1 is 1.30 bits per heavy atom. The van der Waals surface area contributed by atoms with E-state index in [0.29, 0.717) is 18.2 Å². The van der Waals surface area contributed by atoms with Gasteiger partial charge in [-0.15, -0.1) is 0 Å². The van der Waals surface area contributed by atoms with Crippen LogP contribution in [0.25, 0.3) is 0 Å². The average Bonchev–Trinajstić information content (AvgIpc) is 3.08. The molecule has 0 saturated carbocycles. The number of carbonyl (C=O) groups excluding carboxylic acids is 1. The SMILES string of the molecule is Cc1nc(CC2CCOC3(CCN(C(=O)Cc4ccncc4)CC3)C2)no1. The summed E-state index contributed by atoms with van der Waals surface area (Å²) >= 11 is 0. The molecule has 0 bridgehead atoms. The minimum absolute atomic E-state index is 0.102. The molecule has 27 heavy (non-hydrogen) atoms. The summed E-state index contributed by atoms with van der Waals surface area (Å²) in [5.74, 6) is 2.10. The van der Waals surface area contributed by atoms with Crippen molar-refractivity contribution >= 4 is 5.91 Å². The van der Waals surface area contributed by atoms with Crippen molar-refractivity contribution in [3.05, 3.63) is 41.8 Å². The number of rotatable bonds is 4. The largest absolute Gasteiger partial charge is 0.375 e. The van der Waals surface area contributed by atoms with Crippen LogP contribution in [0.3, 0.4) is 0 Å². The number of aromatic nitrogens is 3. The van der Waals surface area contributed by atoms with Gasteiger partial charge in [-0.1, -0.05) is 5.16 Å². The van der Waals surface area contributed by atoms with Crippen LogP contribution in [0, 0.1) is 12.8 Å². The molecule has 2 fully saturated rings. The monoisotopic (exact) mass is 370 g/mol. The zero-order chi connectivity index (χ0) is 18.7. The van der Waals surface area contributed by atoms with E-state index in [1.165, 1.54) is 0 Å². The molecule has 4 heterocycles. The van der Waals surface area contributed by atoms with Crippen LogP contribution >= 0.6 is 0 Å². The predicted octanol–water partition coefficient (Wildman–Crippen LogP) is 2.35. The van der Waals surface area contributed by atoms with Crippen LogP contribution in [0.1, 0.15) is 43.0 Å². The molecule has 0 radical (unpaired) electrons. The quantitative estimate of drug-likeness (QED) is 0.822. The molecule has 7 heteroatoms. The molecule has 1 amide bonds. The van der Waals surface area contributed by atoms with Gasteiger partial charge in [0, 0.05) is 45.4 Å². The average molecular weight is 370 g/mol. The minimum atomic E-state index is -0.102. The van der Waals surface area contributed by atoms with Crippen molar-refractivity contribution in [2.45, 2.75) is 51.0 Å². The number of hydrogen-bond acceptors (Lipinski definition) is 6. The Morgan fingerprint density at radius 2 is 2.07 bits per heavy atom. The predicted molar refractivity (Wildman–Crippen MR) is 97.9 cm³/mol. The maximum absolute atomic E-state index is 12.6. The highest BCUT2D eigenvalue weighted by Crippen LogP contribution is 2.38.